The number of rotatable bonds is 2. The number of hydrogen-bond acceptors (Lipinski definition) is 5. The fourth-order valence-electron chi connectivity index (χ4n) is 2.21. The Hall–Kier alpha value is -2.89. The van der Waals surface area contributed by atoms with Crippen molar-refractivity contribution in [1.82, 2.24) is 19.9 Å². The summed E-state index contributed by atoms with van der Waals surface area (Å²) in [5, 5.41) is 0. The van der Waals surface area contributed by atoms with E-state index < -0.39 is 5.95 Å². The first-order valence-electron chi connectivity index (χ1n) is 6.31. The molecule has 0 aliphatic heterocycles. The molecule has 0 fully saturated rings. The van der Waals surface area contributed by atoms with E-state index in [9.17, 15) is 4.39 Å². The predicted molar refractivity (Wildman–Crippen MR) is 77.6 cm³/mol. The number of anilines is 1. The van der Waals surface area contributed by atoms with Gasteiger partial charge in [-0.1, -0.05) is 6.07 Å². The van der Waals surface area contributed by atoms with Crippen molar-refractivity contribution in [2.75, 3.05) is 5.73 Å². The van der Waals surface area contributed by atoms with Crippen molar-refractivity contribution in [3.63, 3.8) is 0 Å². The highest BCUT2D eigenvalue weighted by molar-refractivity contribution is 5.82. The van der Waals surface area contributed by atoms with E-state index in [1.54, 1.807) is 18.5 Å². The maximum atomic E-state index is 13.4. The second kappa shape index (κ2) is 5.24. The van der Waals surface area contributed by atoms with E-state index in [0.29, 0.717) is 17.0 Å². The number of nitrogen functional groups attached to an aromatic ring is 1. The fraction of sp³-hybridized carbons (Fsp3) is 0.0667. The summed E-state index contributed by atoms with van der Waals surface area (Å²) in [7, 11) is 0. The van der Waals surface area contributed by atoms with Crippen LogP contribution in [0.25, 0.3) is 22.4 Å². The van der Waals surface area contributed by atoms with E-state index >= 15 is 0 Å². The summed E-state index contributed by atoms with van der Waals surface area (Å²) in [6.45, 7) is 1.83. The summed E-state index contributed by atoms with van der Waals surface area (Å²) in [6, 6.07) is 6.73. The van der Waals surface area contributed by atoms with Crippen molar-refractivity contribution in [3.05, 3.63) is 54.5 Å². The van der Waals surface area contributed by atoms with Gasteiger partial charge in [-0.2, -0.15) is 4.39 Å². The van der Waals surface area contributed by atoms with Crippen molar-refractivity contribution >= 4 is 5.95 Å². The van der Waals surface area contributed by atoms with Crippen molar-refractivity contribution in [2.24, 2.45) is 0 Å². The van der Waals surface area contributed by atoms with Crippen molar-refractivity contribution in [2.45, 2.75) is 6.92 Å². The molecule has 0 aliphatic carbocycles. The maximum Gasteiger partial charge on any atom is 0.220 e. The molecular formula is C15H12FN5. The van der Waals surface area contributed by atoms with Crippen LogP contribution in [0.15, 0.2) is 42.9 Å². The molecule has 0 radical (unpaired) electrons. The van der Waals surface area contributed by atoms with E-state index in [4.69, 9.17) is 5.73 Å². The number of nitrogens with two attached hydrogens (primary N) is 1. The van der Waals surface area contributed by atoms with Crippen LogP contribution in [-0.2, 0) is 0 Å². The third kappa shape index (κ3) is 2.55. The molecule has 0 atom stereocenters. The van der Waals surface area contributed by atoms with Gasteiger partial charge in [0, 0.05) is 41.3 Å². The lowest BCUT2D eigenvalue weighted by Crippen LogP contribution is -2.02. The molecule has 0 saturated carbocycles. The quantitative estimate of drug-likeness (QED) is 0.731. The van der Waals surface area contributed by atoms with Gasteiger partial charge in [0.05, 0.1) is 11.4 Å². The molecule has 3 aromatic rings. The summed E-state index contributed by atoms with van der Waals surface area (Å²) in [5.41, 5.74) is 9.24. The van der Waals surface area contributed by atoms with Gasteiger partial charge in [0.15, 0.2) is 0 Å². The lowest BCUT2D eigenvalue weighted by Gasteiger charge is -2.12. The van der Waals surface area contributed by atoms with Crippen LogP contribution in [-0.4, -0.2) is 19.9 Å². The first kappa shape index (κ1) is 13.1. The van der Waals surface area contributed by atoms with Gasteiger partial charge in [-0.15, -0.1) is 0 Å². The Morgan fingerprint density at radius 1 is 1.10 bits per heavy atom. The normalized spacial score (nSPS) is 10.6. The monoisotopic (exact) mass is 281 g/mol. The third-order valence-electron chi connectivity index (χ3n) is 3.06. The molecule has 0 aliphatic rings. The van der Waals surface area contributed by atoms with Crippen LogP contribution >= 0.6 is 0 Å². The highest BCUT2D eigenvalue weighted by atomic mass is 19.1. The number of hydrogen-bond donors (Lipinski definition) is 1. The zero-order valence-corrected chi connectivity index (χ0v) is 11.3. The smallest absolute Gasteiger partial charge is 0.220 e. The fourth-order valence-corrected chi connectivity index (χ4v) is 2.21. The Labute approximate surface area is 120 Å². The number of aromatic nitrogens is 4. The molecule has 0 amide bonds. The maximum absolute atomic E-state index is 13.4. The van der Waals surface area contributed by atoms with Gasteiger partial charge in [-0.25, -0.2) is 15.0 Å². The number of nitrogens with zero attached hydrogens (tertiary/aromatic N) is 4. The third-order valence-corrected chi connectivity index (χ3v) is 3.06. The van der Waals surface area contributed by atoms with Crippen LogP contribution < -0.4 is 5.73 Å². The van der Waals surface area contributed by atoms with Crippen LogP contribution in [0.4, 0.5) is 10.3 Å². The average Bonchev–Trinajstić information content (AvgIpc) is 2.47. The topological polar surface area (TPSA) is 77.6 Å². The standard InChI is InChI=1S/C15H12FN5/c1-9-13(11-3-2-5-18-8-11)14(21-15(17)20-9)10-4-6-19-12(16)7-10/h2-8H,1H3,(H2,17,20,21). The highest BCUT2D eigenvalue weighted by Gasteiger charge is 2.15. The zero-order valence-electron chi connectivity index (χ0n) is 11.3. The molecule has 3 aromatic heterocycles. The number of pyridine rings is 2. The van der Waals surface area contributed by atoms with E-state index in [0.717, 1.165) is 11.1 Å². The average molecular weight is 281 g/mol. The molecular weight excluding hydrogens is 269 g/mol. The van der Waals surface area contributed by atoms with E-state index in [-0.39, 0.29) is 5.95 Å². The predicted octanol–water partition coefficient (Wildman–Crippen LogP) is 2.63. The summed E-state index contributed by atoms with van der Waals surface area (Å²) < 4.78 is 13.4. The largest absolute Gasteiger partial charge is 0.368 e. The van der Waals surface area contributed by atoms with Gasteiger partial charge in [0.2, 0.25) is 11.9 Å². The molecule has 0 spiro atoms. The van der Waals surface area contributed by atoms with Crippen LogP contribution in [0.2, 0.25) is 0 Å². The van der Waals surface area contributed by atoms with Crippen molar-refractivity contribution in [1.29, 1.82) is 0 Å². The number of halogens is 1. The Balaban J connectivity index is 2.29. The minimum atomic E-state index is -0.570. The molecule has 0 unspecified atom stereocenters. The molecule has 21 heavy (non-hydrogen) atoms. The minimum Gasteiger partial charge on any atom is -0.368 e. The van der Waals surface area contributed by atoms with E-state index in [1.165, 1.54) is 12.3 Å². The lowest BCUT2D eigenvalue weighted by molar-refractivity contribution is 0.584. The van der Waals surface area contributed by atoms with Crippen LogP contribution in [0.1, 0.15) is 5.69 Å². The molecule has 3 rings (SSSR count). The van der Waals surface area contributed by atoms with E-state index in [1.807, 2.05) is 19.1 Å². The number of aryl methyl sites for hydroxylation is 1. The Bertz CT molecular complexity index is 789. The second-order valence-electron chi connectivity index (χ2n) is 4.50. The molecule has 104 valence electrons. The second-order valence-corrected chi connectivity index (χ2v) is 4.50. The first-order valence-corrected chi connectivity index (χ1v) is 6.31. The van der Waals surface area contributed by atoms with Crippen LogP contribution in [0.3, 0.4) is 0 Å². The van der Waals surface area contributed by atoms with Crippen molar-refractivity contribution in [3.8, 4) is 22.4 Å². The molecule has 0 saturated heterocycles. The molecule has 6 heteroatoms. The molecule has 3 heterocycles. The Kier molecular flexibility index (Phi) is 3.27. The lowest BCUT2D eigenvalue weighted by atomic mass is 10.00. The van der Waals surface area contributed by atoms with Gasteiger partial charge < -0.3 is 5.73 Å². The molecule has 0 aromatic carbocycles. The summed E-state index contributed by atoms with van der Waals surface area (Å²) in [5.74, 6) is -0.424. The van der Waals surface area contributed by atoms with Crippen molar-refractivity contribution < 1.29 is 4.39 Å². The van der Waals surface area contributed by atoms with Gasteiger partial charge in [0.25, 0.3) is 0 Å². The summed E-state index contributed by atoms with van der Waals surface area (Å²) in [4.78, 5) is 16.1. The van der Waals surface area contributed by atoms with Gasteiger partial charge in [-0.3, -0.25) is 4.98 Å². The summed E-state index contributed by atoms with van der Waals surface area (Å²) >= 11 is 0. The van der Waals surface area contributed by atoms with Crippen LogP contribution in [0, 0.1) is 12.9 Å². The highest BCUT2D eigenvalue weighted by Crippen LogP contribution is 2.32. The summed E-state index contributed by atoms with van der Waals surface area (Å²) in [6.07, 6.45) is 4.79. The van der Waals surface area contributed by atoms with Gasteiger partial charge >= 0.3 is 0 Å². The van der Waals surface area contributed by atoms with Gasteiger partial charge in [0.1, 0.15) is 0 Å². The van der Waals surface area contributed by atoms with Gasteiger partial charge in [-0.05, 0) is 19.1 Å². The molecule has 0 bridgehead atoms. The first-order chi connectivity index (χ1) is 10.1. The SMILES string of the molecule is Cc1nc(N)nc(-c2ccnc(F)c2)c1-c1cccnc1. The molecule has 5 nitrogen and oxygen atoms in total. The zero-order chi connectivity index (χ0) is 14.8. The Morgan fingerprint density at radius 3 is 2.67 bits per heavy atom. The Morgan fingerprint density at radius 2 is 1.95 bits per heavy atom. The van der Waals surface area contributed by atoms with Crippen LogP contribution in [0.5, 0.6) is 0 Å². The minimum absolute atomic E-state index is 0.146. The molecule has 2 N–H and O–H groups in total. The van der Waals surface area contributed by atoms with E-state index in [2.05, 4.69) is 19.9 Å².